The number of nitrogens with one attached hydrogen (secondary N) is 1. The van der Waals surface area contributed by atoms with Gasteiger partial charge in [0.1, 0.15) is 18.1 Å². The van der Waals surface area contributed by atoms with Crippen LogP contribution in [0.4, 0.5) is 5.00 Å². The molecule has 1 heterocycles. The standard InChI is InChI=1S/C13H18N4OS/c1-13(2,3)9-6-4-5-7-11(9)18-8-10-12(15-14)19-17-16-10/h4-7,15H,8,14H2,1-3H3. The zero-order valence-electron chi connectivity index (χ0n) is 11.3. The molecule has 0 aliphatic rings. The van der Waals surface area contributed by atoms with Gasteiger partial charge in [0.2, 0.25) is 0 Å². The molecule has 5 nitrogen and oxygen atoms in total. The summed E-state index contributed by atoms with van der Waals surface area (Å²) in [4.78, 5) is 0. The van der Waals surface area contributed by atoms with E-state index in [0.717, 1.165) is 16.4 Å². The molecule has 0 unspecified atom stereocenters. The Morgan fingerprint density at radius 3 is 2.74 bits per heavy atom. The molecule has 2 rings (SSSR count). The zero-order chi connectivity index (χ0) is 13.9. The van der Waals surface area contributed by atoms with E-state index in [9.17, 15) is 0 Å². The van der Waals surface area contributed by atoms with Gasteiger partial charge in [0.05, 0.1) is 0 Å². The summed E-state index contributed by atoms with van der Waals surface area (Å²) in [5.41, 5.74) is 4.49. The van der Waals surface area contributed by atoms with Gasteiger partial charge >= 0.3 is 0 Å². The first kappa shape index (κ1) is 13.8. The topological polar surface area (TPSA) is 73.1 Å². The van der Waals surface area contributed by atoms with Crippen molar-refractivity contribution >= 4 is 16.5 Å². The fourth-order valence-electron chi connectivity index (χ4n) is 1.77. The van der Waals surface area contributed by atoms with Crippen molar-refractivity contribution in [3.05, 3.63) is 35.5 Å². The van der Waals surface area contributed by atoms with Gasteiger partial charge < -0.3 is 10.2 Å². The summed E-state index contributed by atoms with van der Waals surface area (Å²) in [5, 5.41) is 4.72. The minimum atomic E-state index is 0.0336. The number of para-hydroxylation sites is 1. The second-order valence-electron chi connectivity index (χ2n) is 5.23. The van der Waals surface area contributed by atoms with Gasteiger partial charge in [0.25, 0.3) is 0 Å². The van der Waals surface area contributed by atoms with Crippen LogP contribution < -0.4 is 16.0 Å². The molecule has 0 spiro atoms. The minimum Gasteiger partial charge on any atom is -0.487 e. The van der Waals surface area contributed by atoms with Gasteiger partial charge in [-0.15, -0.1) is 5.10 Å². The number of nitrogen functional groups attached to an aromatic ring is 1. The van der Waals surface area contributed by atoms with E-state index in [0.29, 0.717) is 6.61 Å². The maximum absolute atomic E-state index is 5.86. The third-order valence-electron chi connectivity index (χ3n) is 2.75. The molecule has 0 saturated heterocycles. The van der Waals surface area contributed by atoms with Gasteiger partial charge in [-0.1, -0.05) is 43.5 Å². The van der Waals surface area contributed by atoms with Crippen molar-refractivity contribution in [2.24, 2.45) is 5.84 Å². The van der Waals surface area contributed by atoms with Crippen molar-refractivity contribution in [3.8, 4) is 5.75 Å². The zero-order valence-corrected chi connectivity index (χ0v) is 12.1. The molecule has 0 aliphatic heterocycles. The molecule has 0 aliphatic carbocycles. The van der Waals surface area contributed by atoms with Crippen molar-refractivity contribution in [3.63, 3.8) is 0 Å². The number of ether oxygens (including phenoxy) is 1. The van der Waals surface area contributed by atoms with Crippen LogP contribution in [0, 0.1) is 0 Å². The molecule has 6 heteroatoms. The minimum absolute atomic E-state index is 0.0336. The van der Waals surface area contributed by atoms with Crippen molar-refractivity contribution in [1.29, 1.82) is 0 Å². The summed E-state index contributed by atoms with van der Waals surface area (Å²) in [6, 6.07) is 8.03. The molecule has 0 radical (unpaired) electrons. The molecule has 0 saturated carbocycles. The normalized spacial score (nSPS) is 11.4. The van der Waals surface area contributed by atoms with Crippen LogP contribution in [0.1, 0.15) is 32.0 Å². The maximum Gasteiger partial charge on any atom is 0.150 e. The molecule has 2 aromatic rings. The van der Waals surface area contributed by atoms with Gasteiger partial charge in [-0.3, -0.25) is 0 Å². The Morgan fingerprint density at radius 1 is 1.32 bits per heavy atom. The number of benzene rings is 1. The van der Waals surface area contributed by atoms with E-state index in [1.165, 1.54) is 17.1 Å². The summed E-state index contributed by atoms with van der Waals surface area (Å²) in [7, 11) is 0. The Hall–Kier alpha value is -1.66. The van der Waals surface area contributed by atoms with Crippen molar-refractivity contribution in [2.75, 3.05) is 5.43 Å². The highest BCUT2D eigenvalue weighted by molar-refractivity contribution is 7.10. The van der Waals surface area contributed by atoms with Crippen LogP contribution in [0.15, 0.2) is 24.3 Å². The third-order valence-corrected chi connectivity index (χ3v) is 3.45. The van der Waals surface area contributed by atoms with Crippen LogP contribution in [0.25, 0.3) is 0 Å². The SMILES string of the molecule is CC(C)(C)c1ccccc1OCc1nnsc1NN. The molecular formula is C13H18N4OS. The smallest absolute Gasteiger partial charge is 0.150 e. The number of hydrazine groups is 1. The highest BCUT2D eigenvalue weighted by Crippen LogP contribution is 2.31. The molecule has 3 N–H and O–H groups in total. The predicted octanol–water partition coefficient (Wildman–Crippen LogP) is 2.70. The summed E-state index contributed by atoms with van der Waals surface area (Å²) >= 11 is 1.22. The Morgan fingerprint density at radius 2 is 2.05 bits per heavy atom. The molecule has 19 heavy (non-hydrogen) atoms. The highest BCUT2D eigenvalue weighted by atomic mass is 32.1. The van der Waals surface area contributed by atoms with E-state index in [1.54, 1.807) is 0 Å². The number of rotatable bonds is 4. The van der Waals surface area contributed by atoms with E-state index in [2.05, 4.69) is 41.9 Å². The Kier molecular flexibility index (Phi) is 4.01. The molecule has 0 amide bonds. The highest BCUT2D eigenvalue weighted by Gasteiger charge is 2.19. The van der Waals surface area contributed by atoms with Crippen molar-refractivity contribution in [1.82, 2.24) is 9.59 Å². The predicted molar refractivity (Wildman–Crippen MR) is 77.2 cm³/mol. The number of hydrogen-bond donors (Lipinski definition) is 2. The summed E-state index contributed by atoms with van der Waals surface area (Å²) in [5.74, 6) is 6.25. The fraction of sp³-hybridized carbons (Fsp3) is 0.385. The summed E-state index contributed by atoms with van der Waals surface area (Å²) in [6.07, 6.45) is 0. The van der Waals surface area contributed by atoms with E-state index >= 15 is 0 Å². The second kappa shape index (κ2) is 5.54. The van der Waals surface area contributed by atoms with Gasteiger partial charge in [-0.05, 0) is 17.0 Å². The van der Waals surface area contributed by atoms with Gasteiger partial charge in [0.15, 0.2) is 5.00 Å². The van der Waals surface area contributed by atoms with Crippen LogP contribution in [0.2, 0.25) is 0 Å². The first-order valence-electron chi connectivity index (χ1n) is 6.02. The molecule has 0 atom stereocenters. The Labute approximate surface area is 116 Å². The average molecular weight is 278 g/mol. The van der Waals surface area contributed by atoms with Crippen molar-refractivity contribution in [2.45, 2.75) is 32.8 Å². The molecule has 0 bridgehead atoms. The molecule has 1 aromatic carbocycles. The number of aromatic nitrogens is 2. The van der Waals surface area contributed by atoms with E-state index < -0.39 is 0 Å². The lowest BCUT2D eigenvalue weighted by Crippen LogP contribution is -2.14. The number of hydrogen-bond acceptors (Lipinski definition) is 6. The largest absolute Gasteiger partial charge is 0.487 e. The van der Waals surface area contributed by atoms with Crippen molar-refractivity contribution < 1.29 is 4.74 Å². The quantitative estimate of drug-likeness (QED) is 0.664. The van der Waals surface area contributed by atoms with Gasteiger partial charge in [0, 0.05) is 11.5 Å². The molecule has 1 aromatic heterocycles. The van der Waals surface area contributed by atoms with Crippen LogP contribution in [0.5, 0.6) is 5.75 Å². The van der Waals surface area contributed by atoms with E-state index in [4.69, 9.17) is 10.6 Å². The van der Waals surface area contributed by atoms with Crippen LogP contribution >= 0.6 is 11.5 Å². The number of anilines is 1. The average Bonchev–Trinajstić information content (AvgIpc) is 2.83. The van der Waals surface area contributed by atoms with Crippen LogP contribution in [-0.4, -0.2) is 9.59 Å². The number of nitrogens with two attached hydrogens (primary N) is 1. The van der Waals surface area contributed by atoms with Gasteiger partial charge in [-0.2, -0.15) is 0 Å². The first-order chi connectivity index (χ1) is 9.02. The lowest BCUT2D eigenvalue weighted by molar-refractivity contribution is 0.293. The third kappa shape index (κ3) is 3.21. The second-order valence-corrected chi connectivity index (χ2v) is 5.98. The van der Waals surface area contributed by atoms with Crippen LogP contribution in [-0.2, 0) is 12.0 Å². The Bertz CT molecular complexity index is 548. The molecular weight excluding hydrogens is 260 g/mol. The Balaban J connectivity index is 2.16. The van der Waals surface area contributed by atoms with E-state index in [-0.39, 0.29) is 5.41 Å². The van der Waals surface area contributed by atoms with Gasteiger partial charge in [-0.25, -0.2) is 5.84 Å². The lowest BCUT2D eigenvalue weighted by atomic mass is 9.86. The first-order valence-corrected chi connectivity index (χ1v) is 6.80. The maximum atomic E-state index is 5.86. The monoisotopic (exact) mass is 278 g/mol. The van der Waals surface area contributed by atoms with Crippen LogP contribution in [0.3, 0.4) is 0 Å². The molecule has 102 valence electrons. The lowest BCUT2D eigenvalue weighted by Gasteiger charge is -2.22. The fourth-order valence-corrected chi connectivity index (χ4v) is 2.25. The summed E-state index contributed by atoms with van der Waals surface area (Å²) in [6.45, 7) is 6.83. The summed E-state index contributed by atoms with van der Waals surface area (Å²) < 4.78 is 9.70. The number of nitrogens with zero attached hydrogens (tertiary/aromatic N) is 2. The van der Waals surface area contributed by atoms with E-state index in [1.807, 2.05) is 18.2 Å². The molecule has 0 fully saturated rings.